The molecular weight excluding hydrogens is 394 g/mol. The number of carbonyl (C=O) groups excluding carboxylic acids is 2. The third kappa shape index (κ3) is 7.29. The second-order valence-electron chi connectivity index (χ2n) is 7.69. The zero-order chi connectivity index (χ0) is 22.1. The Kier molecular flexibility index (Phi) is 8.29. The molecule has 3 rings (SSSR count). The second kappa shape index (κ2) is 11.4. The van der Waals surface area contributed by atoms with Gasteiger partial charge in [0.25, 0.3) is 5.91 Å². The number of carbonyl (C=O) groups is 2. The minimum Gasteiger partial charge on any atom is -0.491 e. The smallest absolute Gasteiger partial charge is 0.251 e. The van der Waals surface area contributed by atoms with Gasteiger partial charge in [0.05, 0.1) is 18.8 Å². The lowest BCUT2D eigenvalue weighted by Crippen LogP contribution is -2.31. The van der Waals surface area contributed by atoms with Crippen molar-refractivity contribution >= 4 is 23.2 Å². The van der Waals surface area contributed by atoms with Gasteiger partial charge in [-0.1, -0.05) is 6.92 Å². The summed E-state index contributed by atoms with van der Waals surface area (Å²) in [4.78, 5) is 24.4. The molecule has 2 aromatic rings. The van der Waals surface area contributed by atoms with E-state index in [0.717, 1.165) is 37.3 Å². The summed E-state index contributed by atoms with van der Waals surface area (Å²) in [6.45, 7) is 5.53. The highest BCUT2D eigenvalue weighted by Gasteiger charge is 2.16. The van der Waals surface area contributed by atoms with Gasteiger partial charge in [-0.25, -0.2) is 0 Å². The van der Waals surface area contributed by atoms with Crippen LogP contribution < -0.4 is 20.7 Å². The number of hydrogen-bond acceptors (Lipinski definition) is 5. The number of nitrogens with one attached hydrogen (secondary N) is 3. The monoisotopic (exact) mass is 425 g/mol. The van der Waals surface area contributed by atoms with Crippen LogP contribution in [0.1, 0.15) is 43.5 Å². The van der Waals surface area contributed by atoms with E-state index < -0.39 is 0 Å². The largest absolute Gasteiger partial charge is 0.491 e. The highest BCUT2D eigenvalue weighted by molar-refractivity contribution is 5.96. The van der Waals surface area contributed by atoms with Crippen molar-refractivity contribution in [2.75, 3.05) is 30.3 Å². The number of benzene rings is 2. The molecule has 31 heavy (non-hydrogen) atoms. The summed E-state index contributed by atoms with van der Waals surface area (Å²) in [6.07, 6.45) is 3.25. The summed E-state index contributed by atoms with van der Waals surface area (Å²) in [7, 11) is 0. The summed E-state index contributed by atoms with van der Waals surface area (Å²) in [5.41, 5.74) is 2.03. The SMILES string of the molecule is CCC(C)Oc1ccc(NCC(=O)Nc2ccc(C(=O)NCC3CCCO3)cc2)cc1. The van der Waals surface area contributed by atoms with Gasteiger partial charge in [0.1, 0.15) is 5.75 Å². The Morgan fingerprint density at radius 3 is 2.45 bits per heavy atom. The molecule has 2 amide bonds. The number of amides is 2. The van der Waals surface area contributed by atoms with E-state index in [2.05, 4.69) is 22.9 Å². The highest BCUT2D eigenvalue weighted by Crippen LogP contribution is 2.18. The Balaban J connectivity index is 1.41. The predicted octanol–water partition coefficient (Wildman–Crippen LogP) is 3.82. The van der Waals surface area contributed by atoms with E-state index in [-0.39, 0.29) is 30.6 Å². The molecule has 0 radical (unpaired) electrons. The third-order valence-corrected chi connectivity index (χ3v) is 5.16. The van der Waals surface area contributed by atoms with E-state index in [9.17, 15) is 9.59 Å². The molecule has 0 bridgehead atoms. The van der Waals surface area contributed by atoms with E-state index in [1.165, 1.54) is 0 Å². The summed E-state index contributed by atoms with van der Waals surface area (Å²) in [5.74, 6) is 0.496. The van der Waals surface area contributed by atoms with Crippen LogP contribution >= 0.6 is 0 Å². The van der Waals surface area contributed by atoms with Crippen molar-refractivity contribution in [1.29, 1.82) is 0 Å². The molecule has 2 aromatic carbocycles. The molecule has 7 heteroatoms. The molecule has 0 spiro atoms. The van der Waals surface area contributed by atoms with Crippen LogP contribution in [0.2, 0.25) is 0 Å². The van der Waals surface area contributed by atoms with Gasteiger partial charge >= 0.3 is 0 Å². The summed E-state index contributed by atoms with van der Waals surface area (Å²) in [5, 5.41) is 8.80. The van der Waals surface area contributed by atoms with Crippen molar-refractivity contribution in [2.45, 2.75) is 45.3 Å². The van der Waals surface area contributed by atoms with Crippen LogP contribution in [0, 0.1) is 0 Å². The zero-order valence-electron chi connectivity index (χ0n) is 18.1. The fourth-order valence-electron chi connectivity index (χ4n) is 3.17. The quantitative estimate of drug-likeness (QED) is 0.539. The first kappa shape index (κ1) is 22.6. The summed E-state index contributed by atoms with van der Waals surface area (Å²) in [6, 6.07) is 14.4. The Bertz CT molecular complexity index is 846. The fourth-order valence-corrected chi connectivity index (χ4v) is 3.17. The maximum atomic E-state index is 12.2. The molecule has 2 atom stereocenters. The van der Waals surface area contributed by atoms with E-state index in [1.807, 2.05) is 31.2 Å². The standard InChI is InChI=1S/C24H31N3O4/c1-3-17(2)31-21-12-10-19(11-13-21)25-16-23(28)27-20-8-6-18(7-9-20)24(29)26-15-22-5-4-14-30-22/h6-13,17,22,25H,3-5,14-16H2,1-2H3,(H,26,29)(H,27,28). The normalized spacial score (nSPS) is 16.4. The second-order valence-corrected chi connectivity index (χ2v) is 7.69. The van der Waals surface area contributed by atoms with Gasteiger partial charge in [-0.2, -0.15) is 0 Å². The van der Waals surface area contributed by atoms with Crippen molar-refractivity contribution in [3.05, 3.63) is 54.1 Å². The lowest BCUT2D eigenvalue weighted by Gasteiger charge is -2.13. The van der Waals surface area contributed by atoms with Crippen LogP contribution in [-0.4, -0.2) is 43.7 Å². The van der Waals surface area contributed by atoms with Crippen LogP contribution in [0.5, 0.6) is 5.75 Å². The molecule has 1 aliphatic rings. The molecule has 1 fully saturated rings. The molecule has 1 aliphatic heterocycles. The Morgan fingerprint density at radius 2 is 1.81 bits per heavy atom. The topological polar surface area (TPSA) is 88.7 Å². The van der Waals surface area contributed by atoms with Crippen molar-refractivity contribution in [3.63, 3.8) is 0 Å². The van der Waals surface area contributed by atoms with Crippen molar-refractivity contribution < 1.29 is 19.1 Å². The summed E-state index contributed by atoms with van der Waals surface area (Å²) >= 11 is 0. The zero-order valence-corrected chi connectivity index (χ0v) is 18.1. The number of anilines is 2. The van der Waals surface area contributed by atoms with Crippen molar-refractivity contribution in [3.8, 4) is 5.75 Å². The number of ether oxygens (including phenoxy) is 2. The van der Waals surface area contributed by atoms with E-state index in [4.69, 9.17) is 9.47 Å². The van der Waals surface area contributed by atoms with Crippen molar-refractivity contribution in [1.82, 2.24) is 5.32 Å². The van der Waals surface area contributed by atoms with E-state index in [1.54, 1.807) is 24.3 Å². The van der Waals surface area contributed by atoms with Crippen LogP contribution in [0.3, 0.4) is 0 Å². The van der Waals surface area contributed by atoms with E-state index in [0.29, 0.717) is 17.8 Å². The summed E-state index contributed by atoms with van der Waals surface area (Å²) < 4.78 is 11.3. The van der Waals surface area contributed by atoms with E-state index >= 15 is 0 Å². The van der Waals surface area contributed by atoms with Gasteiger partial charge in [0, 0.05) is 30.1 Å². The Hall–Kier alpha value is -3.06. The van der Waals surface area contributed by atoms with Crippen LogP contribution in [0.25, 0.3) is 0 Å². The molecule has 2 unspecified atom stereocenters. The van der Waals surface area contributed by atoms with Gasteiger partial charge in [0.2, 0.25) is 5.91 Å². The minimum absolute atomic E-state index is 0.110. The molecule has 0 aliphatic carbocycles. The van der Waals surface area contributed by atoms with Gasteiger partial charge in [-0.15, -0.1) is 0 Å². The molecule has 1 heterocycles. The first-order valence-electron chi connectivity index (χ1n) is 10.8. The number of rotatable bonds is 10. The molecule has 166 valence electrons. The van der Waals surface area contributed by atoms with Crippen LogP contribution in [-0.2, 0) is 9.53 Å². The van der Waals surface area contributed by atoms with Gasteiger partial charge < -0.3 is 25.4 Å². The predicted molar refractivity (Wildman–Crippen MR) is 122 cm³/mol. The lowest BCUT2D eigenvalue weighted by molar-refractivity contribution is -0.114. The maximum absolute atomic E-state index is 12.2. The molecule has 0 aromatic heterocycles. The molecular formula is C24H31N3O4. The van der Waals surface area contributed by atoms with Gasteiger partial charge in [-0.3, -0.25) is 9.59 Å². The molecule has 1 saturated heterocycles. The third-order valence-electron chi connectivity index (χ3n) is 5.16. The maximum Gasteiger partial charge on any atom is 0.251 e. The average Bonchev–Trinajstić information content (AvgIpc) is 3.31. The Morgan fingerprint density at radius 1 is 1.10 bits per heavy atom. The molecule has 7 nitrogen and oxygen atoms in total. The Labute approximate surface area is 183 Å². The van der Waals surface area contributed by atoms with Crippen molar-refractivity contribution in [2.24, 2.45) is 0 Å². The molecule has 0 saturated carbocycles. The first-order valence-corrected chi connectivity index (χ1v) is 10.8. The fraction of sp³-hybridized carbons (Fsp3) is 0.417. The van der Waals surface area contributed by atoms with Crippen LogP contribution in [0.15, 0.2) is 48.5 Å². The minimum atomic E-state index is -0.171. The van der Waals surface area contributed by atoms with Crippen LogP contribution in [0.4, 0.5) is 11.4 Å². The highest BCUT2D eigenvalue weighted by atomic mass is 16.5. The van der Waals surface area contributed by atoms with Gasteiger partial charge in [0.15, 0.2) is 0 Å². The lowest BCUT2D eigenvalue weighted by atomic mass is 10.2. The van der Waals surface area contributed by atoms with Gasteiger partial charge in [-0.05, 0) is 74.7 Å². The number of hydrogen-bond donors (Lipinski definition) is 3. The average molecular weight is 426 g/mol. The molecule has 3 N–H and O–H groups in total. The first-order chi connectivity index (χ1) is 15.0.